The number of hydrogen-bond acceptors (Lipinski definition) is 3. The third kappa shape index (κ3) is 6.39. The van der Waals surface area contributed by atoms with Crippen molar-refractivity contribution in [1.82, 2.24) is 10.2 Å². The molecule has 4 heteroatoms. The van der Waals surface area contributed by atoms with Crippen LogP contribution in [0.3, 0.4) is 0 Å². The van der Waals surface area contributed by atoms with E-state index in [4.69, 9.17) is 5.73 Å². The van der Waals surface area contributed by atoms with Gasteiger partial charge in [-0.2, -0.15) is 0 Å². The number of nitrogens with one attached hydrogen (secondary N) is 1. The molecule has 19 heavy (non-hydrogen) atoms. The van der Waals surface area contributed by atoms with Crippen molar-refractivity contribution < 1.29 is 4.79 Å². The van der Waals surface area contributed by atoms with E-state index in [2.05, 4.69) is 31.0 Å². The van der Waals surface area contributed by atoms with E-state index in [0.29, 0.717) is 19.0 Å². The van der Waals surface area contributed by atoms with Gasteiger partial charge in [0.25, 0.3) is 0 Å². The highest BCUT2D eigenvalue weighted by molar-refractivity contribution is 5.76. The fourth-order valence-corrected chi connectivity index (χ4v) is 2.66. The second-order valence-electron chi connectivity index (χ2n) is 6.48. The molecule has 112 valence electrons. The van der Waals surface area contributed by atoms with Gasteiger partial charge in [0.2, 0.25) is 5.91 Å². The summed E-state index contributed by atoms with van der Waals surface area (Å²) < 4.78 is 0. The summed E-state index contributed by atoms with van der Waals surface area (Å²) in [4.78, 5) is 14.4. The van der Waals surface area contributed by atoms with Crippen molar-refractivity contribution in [3.63, 3.8) is 0 Å². The number of nitrogens with zero attached hydrogens (tertiary/aromatic N) is 1. The van der Waals surface area contributed by atoms with Crippen molar-refractivity contribution in [1.29, 1.82) is 0 Å². The van der Waals surface area contributed by atoms with Crippen LogP contribution in [0.25, 0.3) is 0 Å². The van der Waals surface area contributed by atoms with Gasteiger partial charge < -0.3 is 16.0 Å². The largest absolute Gasteiger partial charge is 0.353 e. The molecule has 0 unspecified atom stereocenters. The molecular weight excluding hydrogens is 238 g/mol. The fourth-order valence-electron chi connectivity index (χ4n) is 2.66. The first-order valence-electron chi connectivity index (χ1n) is 7.68. The van der Waals surface area contributed by atoms with Crippen molar-refractivity contribution in [3.8, 4) is 0 Å². The zero-order valence-electron chi connectivity index (χ0n) is 12.9. The molecule has 1 amide bonds. The van der Waals surface area contributed by atoms with Crippen LogP contribution in [0.5, 0.6) is 0 Å². The predicted molar refractivity (Wildman–Crippen MR) is 80.0 cm³/mol. The van der Waals surface area contributed by atoms with Gasteiger partial charge in [-0.1, -0.05) is 20.8 Å². The molecule has 1 fully saturated rings. The lowest BCUT2D eigenvalue weighted by Gasteiger charge is -2.31. The minimum absolute atomic E-state index is 0.178. The van der Waals surface area contributed by atoms with Crippen molar-refractivity contribution in [2.24, 2.45) is 11.1 Å². The van der Waals surface area contributed by atoms with Crippen molar-refractivity contribution in [2.75, 3.05) is 26.2 Å². The molecule has 1 aliphatic rings. The Morgan fingerprint density at radius 2 is 1.95 bits per heavy atom. The van der Waals surface area contributed by atoms with Crippen molar-refractivity contribution >= 4 is 5.91 Å². The average Bonchev–Trinajstić information content (AvgIpc) is 2.37. The van der Waals surface area contributed by atoms with Gasteiger partial charge in [-0.3, -0.25) is 4.79 Å². The number of likely N-dealkylation sites (tertiary alicyclic amines) is 1. The number of amides is 1. The predicted octanol–water partition coefficient (Wildman–Crippen LogP) is 1.74. The number of hydrogen-bond donors (Lipinski definition) is 2. The first-order chi connectivity index (χ1) is 8.96. The van der Waals surface area contributed by atoms with E-state index in [-0.39, 0.29) is 11.3 Å². The lowest BCUT2D eigenvalue weighted by Crippen LogP contribution is -2.44. The maximum absolute atomic E-state index is 12.0. The molecule has 1 saturated heterocycles. The Morgan fingerprint density at radius 3 is 2.47 bits per heavy atom. The minimum atomic E-state index is 0.178. The third-order valence-electron chi connectivity index (χ3n) is 4.25. The highest BCUT2D eigenvalue weighted by Crippen LogP contribution is 2.25. The summed E-state index contributed by atoms with van der Waals surface area (Å²) in [6.07, 6.45) is 4.71. The molecule has 4 nitrogen and oxygen atoms in total. The Bertz CT molecular complexity index is 271. The van der Waals surface area contributed by atoms with Crippen LogP contribution in [0.15, 0.2) is 0 Å². The second kappa shape index (κ2) is 7.85. The van der Waals surface area contributed by atoms with Crippen LogP contribution < -0.4 is 11.1 Å². The molecule has 1 heterocycles. The molecular formula is C15H31N3O. The van der Waals surface area contributed by atoms with Gasteiger partial charge in [0.15, 0.2) is 0 Å². The Balaban J connectivity index is 2.21. The maximum Gasteiger partial charge on any atom is 0.220 e. The maximum atomic E-state index is 12.0. The molecule has 0 aromatic rings. The van der Waals surface area contributed by atoms with Crippen molar-refractivity contribution in [3.05, 3.63) is 0 Å². The highest BCUT2D eigenvalue weighted by atomic mass is 16.1. The smallest absolute Gasteiger partial charge is 0.220 e. The number of carbonyl (C=O) groups is 1. The Labute approximate surface area is 118 Å². The SMILES string of the molecule is CCN1CCC(NC(=O)CCC(C)(C)CCN)CC1. The molecule has 0 aromatic heterocycles. The quantitative estimate of drug-likeness (QED) is 0.740. The summed E-state index contributed by atoms with van der Waals surface area (Å²) in [6, 6.07) is 0.382. The molecule has 0 aromatic carbocycles. The molecule has 0 saturated carbocycles. The first kappa shape index (κ1) is 16.4. The molecule has 3 N–H and O–H groups in total. The summed E-state index contributed by atoms with van der Waals surface area (Å²) in [5.41, 5.74) is 5.77. The topological polar surface area (TPSA) is 58.4 Å². The summed E-state index contributed by atoms with van der Waals surface area (Å²) >= 11 is 0. The lowest BCUT2D eigenvalue weighted by atomic mass is 9.84. The van der Waals surface area contributed by atoms with Gasteiger partial charge >= 0.3 is 0 Å². The first-order valence-corrected chi connectivity index (χ1v) is 7.68. The van der Waals surface area contributed by atoms with E-state index in [1.54, 1.807) is 0 Å². The molecule has 0 spiro atoms. The number of nitrogens with two attached hydrogens (primary N) is 1. The Kier molecular flexibility index (Phi) is 6.80. The van der Waals surface area contributed by atoms with E-state index >= 15 is 0 Å². The number of piperidine rings is 1. The van der Waals surface area contributed by atoms with Crippen LogP contribution >= 0.6 is 0 Å². The third-order valence-corrected chi connectivity index (χ3v) is 4.25. The normalized spacial score (nSPS) is 18.5. The highest BCUT2D eigenvalue weighted by Gasteiger charge is 2.22. The van der Waals surface area contributed by atoms with Gasteiger partial charge in [0.1, 0.15) is 0 Å². The van der Waals surface area contributed by atoms with Crippen LogP contribution in [-0.2, 0) is 4.79 Å². The standard InChI is InChI=1S/C15H31N3O/c1-4-18-11-6-13(7-12-18)17-14(19)5-8-15(2,3)9-10-16/h13H,4-12,16H2,1-3H3,(H,17,19). The lowest BCUT2D eigenvalue weighted by molar-refractivity contribution is -0.122. The van der Waals surface area contributed by atoms with E-state index < -0.39 is 0 Å². The monoisotopic (exact) mass is 269 g/mol. The summed E-state index contributed by atoms with van der Waals surface area (Å²) in [6.45, 7) is 10.6. The second-order valence-corrected chi connectivity index (χ2v) is 6.48. The fraction of sp³-hybridized carbons (Fsp3) is 0.933. The Hall–Kier alpha value is -0.610. The van der Waals surface area contributed by atoms with Gasteiger partial charge in [-0.15, -0.1) is 0 Å². The summed E-state index contributed by atoms with van der Waals surface area (Å²) in [5.74, 6) is 0.208. The van der Waals surface area contributed by atoms with Crippen LogP contribution in [0, 0.1) is 5.41 Å². The summed E-state index contributed by atoms with van der Waals surface area (Å²) in [5, 5.41) is 3.18. The van der Waals surface area contributed by atoms with Crippen molar-refractivity contribution in [2.45, 2.75) is 58.9 Å². The van der Waals surface area contributed by atoms with E-state index in [0.717, 1.165) is 45.3 Å². The van der Waals surface area contributed by atoms with E-state index in [9.17, 15) is 4.79 Å². The van der Waals surface area contributed by atoms with E-state index in [1.165, 1.54) is 0 Å². The average molecular weight is 269 g/mol. The zero-order valence-corrected chi connectivity index (χ0v) is 12.9. The summed E-state index contributed by atoms with van der Waals surface area (Å²) in [7, 11) is 0. The molecule has 0 bridgehead atoms. The van der Waals surface area contributed by atoms with Crippen LogP contribution in [0.1, 0.15) is 52.9 Å². The molecule has 0 atom stereocenters. The number of rotatable bonds is 7. The van der Waals surface area contributed by atoms with Gasteiger partial charge in [0, 0.05) is 25.6 Å². The zero-order chi connectivity index (χ0) is 14.3. The van der Waals surface area contributed by atoms with Crippen LogP contribution in [0.4, 0.5) is 0 Å². The van der Waals surface area contributed by atoms with Crippen LogP contribution in [-0.4, -0.2) is 43.0 Å². The van der Waals surface area contributed by atoms with Crippen LogP contribution in [0.2, 0.25) is 0 Å². The molecule has 1 aliphatic heterocycles. The van der Waals surface area contributed by atoms with Gasteiger partial charge in [0.05, 0.1) is 0 Å². The van der Waals surface area contributed by atoms with Gasteiger partial charge in [-0.05, 0) is 44.2 Å². The molecule has 0 radical (unpaired) electrons. The van der Waals surface area contributed by atoms with Gasteiger partial charge in [-0.25, -0.2) is 0 Å². The van der Waals surface area contributed by atoms with E-state index in [1.807, 2.05) is 0 Å². The molecule has 0 aliphatic carbocycles. The Morgan fingerprint density at radius 1 is 1.32 bits per heavy atom. The molecule has 1 rings (SSSR count). The number of carbonyl (C=O) groups excluding carboxylic acids is 1. The minimum Gasteiger partial charge on any atom is -0.353 e.